The van der Waals surface area contributed by atoms with Crippen LogP contribution in [0.2, 0.25) is 0 Å². The highest BCUT2D eigenvalue weighted by atomic mass is 16.5. The molecule has 1 aliphatic rings. The van der Waals surface area contributed by atoms with Crippen molar-refractivity contribution < 1.29 is 4.74 Å². The molecule has 0 spiro atoms. The standard InChI is InChI=1S/C21H29N5O/c1-17(16-23-21(22)24-18-7-6-10-20(15-18)27-2)25-11-13-26(14-12-25)19-8-4-3-5-9-19/h3-10,15,17H,11-14,16H2,1-2H3,(H3,22,23,24). The van der Waals surface area contributed by atoms with E-state index >= 15 is 0 Å². The highest BCUT2D eigenvalue weighted by Gasteiger charge is 2.21. The molecule has 144 valence electrons. The van der Waals surface area contributed by atoms with Crippen LogP contribution in [0.1, 0.15) is 6.92 Å². The maximum absolute atomic E-state index is 6.04. The summed E-state index contributed by atoms with van der Waals surface area (Å²) in [6, 6.07) is 18.6. The van der Waals surface area contributed by atoms with E-state index in [1.54, 1.807) is 7.11 Å². The van der Waals surface area contributed by atoms with E-state index in [-0.39, 0.29) is 0 Å². The second-order valence-electron chi connectivity index (χ2n) is 6.79. The number of anilines is 2. The van der Waals surface area contributed by atoms with E-state index in [1.807, 2.05) is 24.3 Å². The Balaban J connectivity index is 1.47. The molecule has 1 atom stereocenters. The number of nitrogens with zero attached hydrogens (tertiary/aromatic N) is 3. The third-order valence-electron chi connectivity index (χ3n) is 4.93. The number of hydrogen-bond acceptors (Lipinski definition) is 4. The van der Waals surface area contributed by atoms with E-state index in [0.29, 0.717) is 18.5 Å². The molecule has 0 radical (unpaired) electrons. The van der Waals surface area contributed by atoms with Crippen LogP contribution in [0.5, 0.6) is 5.75 Å². The second-order valence-corrected chi connectivity index (χ2v) is 6.79. The van der Waals surface area contributed by atoms with Crippen molar-refractivity contribution in [2.24, 2.45) is 10.7 Å². The summed E-state index contributed by atoms with van der Waals surface area (Å²) in [7, 11) is 1.65. The van der Waals surface area contributed by atoms with Crippen molar-refractivity contribution in [3.63, 3.8) is 0 Å². The monoisotopic (exact) mass is 367 g/mol. The van der Waals surface area contributed by atoms with Crippen molar-refractivity contribution in [3.05, 3.63) is 54.6 Å². The van der Waals surface area contributed by atoms with E-state index in [1.165, 1.54) is 5.69 Å². The van der Waals surface area contributed by atoms with Crippen molar-refractivity contribution in [2.75, 3.05) is 50.1 Å². The van der Waals surface area contributed by atoms with Gasteiger partial charge in [-0.1, -0.05) is 24.3 Å². The summed E-state index contributed by atoms with van der Waals surface area (Å²) in [5, 5.41) is 3.12. The van der Waals surface area contributed by atoms with Gasteiger partial charge < -0.3 is 20.7 Å². The smallest absolute Gasteiger partial charge is 0.193 e. The molecule has 6 heteroatoms. The number of methoxy groups -OCH3 is 1. The molecule has 1 aliphatic heterocycles. The minimum Gasteiger partial charge on any atom is -0.497 e. The van der Waals surface area contributed by atoms with Crippen LogP contribution >= 0.6 is 0 Å². The lowest BCUT2D eigenvalue weighted by Crippen LogP contribution is -2.50. The van der Waals surface area contributed by atoms with E-state index in [9.17, 15) is 0 Å². The summed E-state index contributed by atoms with van der Waals surface area (Å²) in [4.78, 5) is 9.42. The molecule has 27 heavy (non-hydrogen) atoms. The predicted octanol–water partition coefficient (Wildman–Crippen LogP) is 2.63. The zero-order chi connectivity index (χ0) is 19.1. The molecule has 0 aromatic heterocycles. The highest BCUT2D eigenvalue weighted by molar-refractivity contribution is 5.92. The van der Waals surface area contributed by atoms with Crippen LogP contribution in [0, 0.1) is 0 Å². The molecule has 1 saturated heterocycles. The van der Waals surface area contributed by atoms with Crippen molar-refractivity contribution in [3.8, 4) is 5.75 Å². The molecule has 1 unspecified atom stereocenters. The molecule has 0 aliphatic carbocycles. The number of piperazine rings is 1. The number of rotatable bonds is 6. The first-order chi connectivity index (χ1) is 13.2. The third kappa shape index (κ3) is 5.37. The number of para-hydroxylation sites is 1. The fourth-order valence-electron chi connectivity index (χ4n) is 3.29. The number of nitrogens with one attached hydrogen (secondary N) is 1. The molecule has 0 saturated carbocycles. The van der Waals surface area contributed by atoms with Gasteiger partial charge in [-0.15, -0.1) is 0 Å². The lowest BCUT2D eigenvalue weighted by Gasteiger charge is -2.38. The molecule has 2 aromatic rings. The number of ether oxygens (including phenoxy) is 1. The number of aliphatic imine (C=N–C) groups is 1. The van der Waals surface area contributed by atoms with Crippen LogP contribution in [0.25, 0.3) is 0 Å². The first kappa shape index (κ1) is 19.0. The SMILES string of the molecule is COc1cccc(NC(N)=NCC(C)N2CCN(c3ccccc3)CC2)c1. The molecule has 0 bridgehead atoms. The van der Waals surface area contributed by atoms with E-state index < -0.39 is 0 Å². The second kappa shape index (κ2) is 9.28. The maximum Gasteiger partial charge on any atom is 0.193 e. The van der Waals surface area contributed by atoms with Gasteiger partial charge in [0.25, 0.3) is 0 Å². The Bertz CT molecular complexity index is 741. The van der Waals surface area contributed by atoms with Crippen molar-refractivity contribution in [2.45, 2.75) is 13.0 Å². The van der Waals surface area contributed by atoms with Crippen LogP contribution in [0.15, 0.2) is 59.6 Å². The van der Waals surface area contributed by atoms with Crippen molar-refractivity contribution in [1.82, 2.24) is 4.90 Å². The lowest BCUT2D eigenvalue weighted by molar-refractivity contribution is 0.201. The quantitative estimate of drug-likeness (QED) is 0.607. The Kier molecular flexibility index (Phi) is 6.54. The van der Waals surface area contributed by atoms with E-state index in [0.717, 1.165) is 37.6 Å². The molecular weight excluding hydrogens is 338 g/mol. The van der Waals surface area contributed by atoms with Gasteiger partial charge in [0, 0.05) is 49.7 Å². The molecule has 3 N–H and O–H groups in total. The molecule has 2 aromatic carbocycles. The minimum absolute atomic E-state index is 0.355. The summed E-state index contributed by atoms with van der Waals surface area (Å²) in [6.45, 7) is 7.03. The Morgan fingerprint density at radius 2 is 1.85 bits per heavy atom. The van der Waals surface area contributed by atoms with Crippen LogP contribution in [0.4, 0.5) is 11.4 Å². The van der Waals surface area contributed by atoms with Crippen LogP contribution in [-0.4, -0.2) is 56.7 Å². The minimum atomic E-state index is 0.355. The highest BCUT2D eigenvalue weighted by Crippen LogP contribution is 2.17. The van der Waals surface area contributed by atoms with E-state index in [4.69, 9.17) is 10.5 Å². The largest absolute Gasteiger partial charge is 0.497 e. The summed E-state index contributed by atoms with van der Waals surface area (Å²) < 4.78 is 5.22. The van der Waals surface area contributed by atoms with Crippen LogP contribution < -0.4 is 20.7 Å². The van der Waals surface area contributed by atoms with Crippen LogP contribution in [0.3, 0.4) is 0 Å². The Labute approximate surface area is 161 Å². The summed E-state index contributed by atoms with van der Waals surface area (Å²) in [5.41, 5.74) is 8.22. The fraction of sp³-hybridized carbons (Fsp3) is 0.381. The predicted molar refractivity (Wildman–Crippen MR) is 113 cm³/mol. The molecule has 0 amide bonds. The lowest BCUT2D eigenvalue weighted by atomic mass is 10.2. The Morgan fingerprint density at radius 3 is 2.56 bits per heavy atom. The van der Waals surface area contributed by atoms with Gasteiger partial charge in [-0.2, -0.15) is 0 Å². The number of hydrogen-bond donors (Lipinski definition) is 2. The van der Waals surface area contributed by atoms with Gasteiger partial charge in [-0.25, -0.2) is 0 Å². The average Bonchev–Trinajstić information content (AvgIpc) is 2.73. The number of benzene rings is 2. The Hall–Kier alpha value is -2.73. The first-order valence-corrected chi connectivity index (χ1v) is 9.41. The fourth-order valence-corrected chi connectivity index (χ4v) is 3.29. The van der Waals surface area contributed by atoms with Gasteiger partial charge in [0.2, 0.25) is 0 Å². The van der Waals surface area contributed by atoms with Gasteiger partial charge >= 0.3 is 0 Å². The average molecular weight is 367 g/mol. The third-order valence-corrected chi connectivity index (χ3v) is 4.93. The molecule has 6 nitrogen and oxygen atoms in total. The molecular formula is C21H29N5O. The normalized spacial score (nSPS) is 16.8. The Morgan fingerprint density at radius 1 is 1.11 bits per heavy atom. The van der Waals surface area contributed by atoms with E-state index in [2.05, 4.69) is 57.4 Å². The van der Waals surface area contributed by atoms with Crippen molar-refractivity contribution >= 4 is 17.3 Å². The number of guanidine groups is 1. The number of nitrogens with two attached hydrogens (primary N) is 1. The van der Waals surface area contributed by atoms with Gasteiger partial charge in [-0.05, 0) is 31.2 Å². The van der Waals surface area contributed by atoms with Gasteiger partial charge in [0.1, 0.15) is 5.75 Å². The molecule has 1 heterocycles. The van der Waals surface area contributed by atoms with Gasteiger partial charge in [0.05, 0.1) is 13.7 Å². The molecule has 3 rings (SSSR count). The topological polar surface area (TPSA) is 66.1 Å². The van der Waals surface area contributed by atoms with Crippen molar-refractivity contribution in [1.29, 1.82) is 0 Å². The molecule has 1 fully saturated rings. The summed E-state index contributed by atoms with van der Waals surface area (Å²) >= 11 is 0. The summed E-state index contributed by atoms with van der Waals surface area (Å²) in [5.74, 6) is 1.22. The zero-order valence-corrected chi connectivity index (χ0v) is 16.1. The zero-order valence-electron chi connectivity index (χ0n) is 16.1. The first-order valence-electron chi connectivity index (χ1n) is 9.41. The maximum atomic E-state index is 6.04. The summed E-state index contributed by atoms with van der Waals surface area (Å²) in [6.07, 6.45) is 0. The van der Waals surface area contributed by atoms with Gasteiger partial charge in [-0.3, -0.25) is 9.89 Å². The van der Waals surface area contributed by atoms with Crippen LogP contribution in [-0.2, 0) is 0 Å². The van der Waals surface area contributed by atoms with Gasteiger partial charge in [0.15, 0.2) is 5.96 Å².